The van der Waals surface area contributed by atoms with Crippen molar-refractivity contribution in [3.8, 4) is 0 Å². The Morgan fingerprint density at radius 2 is 2.07 bits per heavy atom. The normalized spacial score (nSPS) is 20.5. The molecule has 2 aromatic rings. The molecule has 1 N–H and O–H groups in total. The predicted molar refractivity (Wildman–Crippen MR) is 103 cm³/mol. The summed E-state index contributed by atoms with van der Waals surface area (Å²) in [5.74, 6) is 2.58. The number of carbonyl (C=O) groups is 1. The lowest BCUT2D eigenvalue weighted by atomic mass is 9.96. The van der Waals surface area contributed by atoms with Gasteiger partial charge in [-0.05, 0) is 39.2 Å². The number of aromatic nitrogens is 5. The zero-order chi connectivity index (χ0) is 19.5. The van der Waals surface area contributed by atoms with Crippen LogP contribution in [0.15, 0.2) is 12.3 Å². The van der Waals surface area contributed by atoms with Gasteiger partial charge in [0, 0.05) is 50.2 Å². The van der Waals surface area contributed by atoms with Gasteiger partial charge >= 0.3 is 0 Å². The van der Waals surface area contributed by atoms with Crippen molar-refractivity contribution in [1.29, 1.82) is 0 Å². The average molecular weight is 385 g/mol. The summed E-state index contributed by atoms with van der Waals surface area (Å²) in [6.07, 6.45) is 4.74. The van der Waals surface area contributed by atoms with Crippen molar-refractivity contribution in [1.82, 2.24) is 30.0 Å². The lowest BCUT2D eigenvalue weighted by Crippen LogP contribution is -2.39. The molecule has 28 heavy (non-hydrogen) atoms. The number of hydrogen-bond donors (Lipinski definition) is 1. The Balaban J connectivity index is 1.33. The zero-order valence-electron chi connectivity index (χ0n) is 16.5. The molecule has 9 nitrogen and oxygen atoms in total. The van der Waals surface area contributed by atoms with Crippen molar-refractivity contribution in [3.05, 3.63) is 29.6 Å². The fourth-order valence-corrected chi connectivity index (χ4v) is 3.92. The van der Waals surface area contributed by atoms with Crippen LogP contribution < -0.4 is 10.2 Å². The first-order valence-electron chi connectivity index (χ1n) is 9.91. The fraction of sp³-hybridized carbons (Fsp3) is 0.632. The highest BCUT2D eigenvalue weighted by atomic mass is 16.5. The Hall–Kier alpha value is -2.55. The molecule has 0 aromatic carbocycles. The maximum absolute atomic E-state index is 12.4. The van der Waals surface area contributed by atoms with Crippen molar-refractivity contribution in [2.24, 2.45) is 0 Å². The minimum Gasteiger partial charge on any atom is -0.381 e. The van der Waals surface area contributed by atoms with Gasteiger partial charge in [0.2, 0.25) is 11.9 Å². The van der Waals surface area contributed by atoms with E-state index in [9.17, 15) is 4.79 Å². The number of carbonyl (C=O) groups excluding carboxylic acids is 1. The summed E-state index contributed by atoms with van der Waals surface area (Å²) in [6.45, 7) is 7.03. The van der Waals surface area contributed by atoms with Gasteiger partial charge in [0.15, 0.2) is 0 Å². The second-order valence-corrected chi connectivity index (χ2v) is 7.53. The average Bonchev–Trinajstić information content (AvgIpc) is 3.28. The molecular weight excluding hydrogens is 358 g/mol. The van der Waals surface area contributed by atoms with E-state index in [2.05, 4.69) is 25.3 Å². The molecule has 2 aliphatic heterocycles. The molecule has 1 amide bonds. The number of hydrogen-bond acceptors (Lipinski definition) is 7. The summed E-state index contributed by atoms with van der Waals surface area (Å²) in [5.41, 5.74) is 1.10. The van der Waals surface area contributed by atoms with Crippen LogP contribution in [0.2, 0.25) is 0 Å². The molecule has 2 fully saturated rings. The summed E-state index contributed by atoms with van der Waals surface area (Å²) in [4.78, 5) is 28.0. The van der Waals surface area contributed by atoms with Crippen LogP contribution in [0, 0.1) is 13.8 Å². The van der Waals surface area contributed by atoms with Gasteiger partial charge in [-0.25, -0.2) is 19.6 Å². The minimum absolute atomic E-state index is 0.0447. The van der Waals surface area contributed by atoms with Gasteiger partial charge < -0.3 is 15.0 Å². The summed E-state index contributed by atoms with van der Waals surface area (Å²) in [7, 11) is 0. The highest BCUT2D eigenvalue weighted by Gasteiger charge is 2.27. The zero-order valence-corrected chi connectivity index (χ0v) is 16.5. The molecule has 2 saturated heterocycles. The number of nitrogens with one attached hydrogen (secondary N) is 1. The third-order valence-corrected chi connectivity index (χ3v) is 5.40. The largest absolute Gasteiger partial charge is 0.381 e. The van der Waals surface area contributed by atoms with E-state index < -0.39 is 0 Å². The van der Waals surface area contributed by atoms with Crippen LogP contribution in [0.5, 0.6) is 0 Å². The van der Waals surface area contributed by atoms with Gasteiger partial charge in [-0.1, -0.05) is 0 Å². The third kappa shape index (κ3) is 4.30. The molecule has 0 aliphatic carbocycles. The van der Waals surface area contributed by atoms with Crippen LogP contribution >= 0.6 is 0 Å². The number of rotatable bonds is 5. The summed E-state index contributed by atoms with van der Waals surface area (Å²) in [5, 5.41) is 7.35. The van der Waals surface area contributed by atoms with Crippen LogP contribution in [-0.4, -0.2) is 63.0 Å². The summed E-state index contributed by atoms with van der Waals surface area (Å²) in [6, 6.07) is 2.10. The second kappa shape index (κ2) is 8.22. The number of nitrogens with zero attached hydrogens (tertiary/aromatic N) is 6. The Morgan fingerprint density at radius 1 is 1.25 bits per heavy atom. The molecule has 1 atom stereocenters. The molecule has 150 valence electrons. The number of anilines is 1. The number of aryl methyl sites for hydroxylation is 2. The lowest BCUT2D eigenvalue weighted by molar-refractivity contribution is -0.122. The molecule has 4 rings (SSSR count). The van der Waals surface area contributed by atoms with Crippen LogP contribution in [0.1, 0.15) is 42.5 Å². The molecule has 2 aromatic heterocycles. The van der Waals surface area contributed by atoms with Crippen molar-refractivity contribution < 1.29 is 9.53 Å². The summed E-state index contributed by atoms with van der Waals surface area (Å²) >= 11 is 0. The first kappa shape index (κ1) is 18.8. The predicted octanol–water partition coefficient (Wildman–Crippen LogP) is 0.974. The van der Waals surface area contributed by atoms with E-state index in [-0.39, 0.29) is 18.5 Å². The van der Waals surface area contributed by atoms with Crippen molar-refractivity contribution in [2.45, 2.75) is 51.6 Å². The second-order valence-electron chi connectivity index (χ2n) is 7.53. The number of amides is 1. The van der Waals surface area contributed by atoms with Gasteiger partial charge in [-0.2, -0.15) is 5.10 Å². The molecule has 1 unspecified atom stereocenters. The molecule has 2 aliphatic rings. The molecule has 0 spiro atoms. The maximum atomic E-state index is 12.4. The highest BCUT2D eigenvalue weighted by molar-refractivity contribution is 5.76. The van der Waals surface area contributed by atoms with Gasteiger partial charge in [0.05, 0.1) is 0 Å². The van der Waals surface area contributed by atoms with E-state index in [0.717, 1.165) is 63.0 Å². The highest BCUT2D eigenvalue weighted by Crippen LogP contribution is 2.26. The Bertz CT molecular complexity index is 831. The molecule has 4 heterocycles. The van der Waals surface area contributed by atoms with E-state index in [0.29, 0.717) is 11.7 Å². The van der Waals surface area contributed by atoms with Crippen molar-refractivity contribution in [2.75, 3.05) is 31.2 Å². The summed E-state index contributed by atoms with van der Waals surface area (Å²) < 4.78 is 7.09. The van der Waals surface area contributed by atoms with Crippen LogP contribution in [-0.2, 0) is 16.1 Å². The SMILES string of the molecule is Cc1nc(C)n(CC(=O)NC2CCN(c3nccc(C4CCOCC4)n3)C2)n1. The Kier molecular flexibility index (Phi) is 5.52. The molecule has 0 saturated carbocycles. The Morgan fingerprint density at radius 3 is 2.82 bits per heavy atom. The van der Waals surface area contributed by atoms with Crippen molar-refractivity contribution in [3.63, 3.8) is 0 Å². The van der Waals surface area contributed by atoms with E-state index >= 15 is 0 Å². The first-order chi connectivity index (χ1) is 13.6. The van der Waals surface area contributed by atoms with Crippen LogP contribution in [0.4, 0.5) is 5.95 Å². The number of ether oxygens (including phenoxy) is 1. The Labute approximate surface area is 164 Å². The molecular formula is C19H27N7O2. The smallest absolute Gasteiger partial charge is 0.242 e. The lowest BCUT2D eigenvalue weighted by Gasteiger charge is -2.23. The van der Waals surface area contributed by atoms with Gasteiger partial charge in [-0.3, -0.25) is 4.79 Å². The van der Waals surface area contributed by atoms with Crippen molar-refractivity contribution >= 4 is 11.9 Å². The van der Waals surface area contributed by atoms with Gasteiger partial charge in [0.1, 0.15) is 18.2 Å². The standard InChI is InChI=1S/C19H27N7O2/c1-13-21-14(2)26(24-13)12-18(27)22-16-4-8-25(11-16)19-20-7-3-17(23-19)15-5-9-28-10-6-15/h3,7,15-16H,4-6,8-12H2,1-2H3,(H,22,27). The molecule has 0 radical (unpaired) electrons. The monoisotopic (exact) mass is 385 g/mol. The minimum atomic E-state index is -0.0447. The topological polar surface area (TPSA) is 98.1 Å². The van der Waals surface area contributed by atoms with Gasteiger partial charge in [0.25, 0.3) is 0 Å². The van der Waals surface area contributed by atoms with Crippen LogP contribution in [0.25, 0.3) is 0 Å². The van der Waals surface area contributed by atoms with E-state index in [1.54, 1.807) is 4.68 Å². The van der Waals surface area contributed by atoms with E-state index in [4.69, 9.17) is 9.72 Å². The fourth-order valence-electron chi connectivity index (χ4n) is 3.92. The van der Waals surface area contributed by atoms with E-state index in [1.165, 1.54) is 0 Å². The molecule has 9 heteroatoms. The quantitative estimate of drug-likeness (QED) is 0.819. The molecule has 0 bridgehead atoms. The third-order valence-electron chi connectivity index (χ3n) is 5.40. The maximum Gasteiger partial charge on any atom is 0.242 e. The van der Waals surface area contributed by atoms with E-state index in [1.807, 2.05) is 26.1 Å². The van der Waals surface area contributed by atoms with Crippen LogP contribution in [0.3, 0.4) is 0 Å². The first-order valence-corrected chi connectivity index (χ1v) is 9.91. The van der Waals surface area contributed by atoms with Gasteiger partial charge in [-0.15, -0.1) is 0 Å².